The third kappa shape index (κ3) is 3.69. The zero-order chi connectivity index (χ0) is 17.0. The van der Waals surface area contributed by atoms with Gasteiger partial charge in [0.15, 0.2) is 0 Å². The molecule has 0 aliphatic heterocycles. The number of carbonyl (C=O) groups is 2. The van der Waals surface area contributed by atoms with Gasteiger partial charge in [-0.25, -0.2) is 18.0 Å². The van der Waals surface area contributed by atoms with Crippen LogP contribution < -0.4 is 4.72 Å². The molecule has 0 saturated heterocycles. The molecule has 1 aromatic carbocycles. The number of benzene rings is 1. The number of thiophene rings is 1. The molecule has 0 aliphatic carbocycles. The van der Waals surface area contributed by atoms with E-state index in [1.165, 1.54) is 44.6 Å². The zero-order valence-corrected chi connectivity index (χ0v) is 13.9. The quantitative estimate of drug-likeness (QED) is 0.825. The molecule has 0 radical (unpaired) electrons. The predicted octanol–water partition coefficient (Wildman–Crippen LogP) is 2.12. The lowest BCUT2D eigenvalue weighted by atomic mass is 10.2. The van der Waals surface area contributed by atoms with Gasteiger partial charge in [0, 0.05) is 0 Å². The first-order valence-electron chi connectivity index (χ1n) is 6.26. The molecular weight excluding hydrogens is 342 g/mol. The number of methoxy groups -OCH3 is 2. The van der Waals surface area contributed by atoms with Gasteiger partial charge in [-0.15, -0.1) is 11.3 Å². The van der Waals surface area contributed by atoms with Crippen LogP contribution in [0.1, 0.15) is 20.0 Å². The first kappa shape index (κ1) is 17.0. The van der Waals surface area contributed by atoms with E-state index in [9.17, 15) is 18.0 Å². The van der Waals surface area contributed by atoms with Crippen LogP contribution >= 0.6 is 11.3 Å². The van der Waals surface area contributed by atoms with Crippen LogP contribution in [0.2, 0.25) is 0 Å². The minimum atomic E-state index is -3.97. The van der Waals surface area contributed by atoms with Crippen molar-refractivity contribution in [3.8, 4) is 0 Å². The Morgan fingerprint density at radius 1 is 1.09 bits per heavy atom. The highest BCUT2D eigenvalue weighted by Crippen LogP contribution is 2.26. The van der Waals surface area contributed by atoms with E-state index in [2.05, 4.69) is 14.2 Å². The molecule has 0 saturated carbocycles. The Kier molecular flexibility index (Phi) is 5.02. The van der Waals surface area contributed by atoms with Gasteiger partial charge >= 0.3 is 11.9 Å². The van der Waals surface area contributed by atoms with Crippen molar-refractivity contribution in [1.29, 1.82) is 0 Å². The summed E-state index contributed by atoms with van der Waals surface area (Å²) in [5.74, 6) is -1.28. The van der Waals surface area contributed by atoms with Gasteiger partial charge in [-0.2, -0.15) is 0 Å². The Balaban J connectivity index is 2.35. The maximum Gasteiger partial charge on any atom is 0.350 e. The van der Waals surface area contributed by atoms with Crippen LogP contribution in [-0.4, -0.2) is 34.6 Å². The van der Waals surface area contributed by atoms with E-state index in [-0.39, 0.29) is 21.0 Å². The molecule has 0 amide bonds. The van der Waals surface area contributed by atoms with Crippen LogP contribution in [0.4, 0.5) is 5.69 Å². The van der Waals surface area contributed by atoms with Crippen LogP contribution in [0.15, 0.2) is 40.6 Å². The van der Waals surface area contributed by atoms with E-state index < -0.39 is 22.0 Å². The summed E-state index contributed by atoms with van der Waals surface area (Å²) in [6, 6.07) is 6.85. The van der Waals surface area contributed by atoms with Crippen LogP contribution in [0, 0.1) is 0 Å². The van der Waals surface area contributed by atoms with Crippen LogP contribution in [-0.2, 0) is 19.5 Å². The summed E-state index contributed by atoms with van der Waals surface area (Å²) in [7, 11) is -1.56. The largest absolute Gasteiger partial charge is 0.465 e. The standard InChI is InChI=1S/C14H13NO6S2/c1-20-13(16)9-4-3-5-10(8-9)23(18,19)15-11-6-7-22-12(11)14(17)21-2/h3-8,15H,1-2H3. The topological polar surface area (TPSA) is 98.8 Å². The Bertz CT molecular complexity index is 840. The molecule has 0 spiro atoms. The van der Waals surface area contributed by atoms with Crippen molar-refractivity contribution in [2.24, 2.45) is 0 Å². The molecule has 23 heavy (non-hydrogen) atoms. The summed E-state index contributed by atoms with van der Waals surface area (Å²) in [5, 5.41) is 1.56. The first-order chi connectivity index (χ1) is 10.9. The van der Waals surface area contributed by atoms with E-state index in [0.29, 0.717) is 0 Å². The van der Waals surface area contributed by atoms with Crippen molar-refractivity contribution >= 4 is 39.0 Å². The smallest absolute Gasteiger partial charge is 0.350 e. The minimum Gasteiger partial charge on any atom is -0.465 e. The lowest BCUT2D eigenvalue weighted by Crippen LogP contribution is -2.15. The van der Waals surface area contributed by atoms with Gasteiger partial charge < -0.3 is 9.47 Å². The van der Waals surface area contributed by atoms with Gasteiger partial charge in [-0.1, -0.05) is 6.07 Å². The van der Waals surface area contributed by atoms with E-state index in [0.717, 1.165) is 11.3 Å². The molecule has 0 fully saturated rings. The van der Waals surface area contributed by atoms with Gasteiger partial charge in [-0.3, -0.25) is 4.72 Å². The fourth-order valence-corrected chi connectivity index (χ4v) is 3.70. The number of ether oxygens (including phenoxy) is 2. The predicted molar refractivity (Wildman–Crippen MR) is 84.2 cm³/mol. The molecule has 0 unspecified atom stereocenters. The Morgan fingerprint density at radius 3 is 2.43 bits per heavy atom. The number of hydrogen-bond acceptors (Lipinski definition) is 7. The highest BCUT2D eigenvalue weighted by atomic mass is 32.2. The number of carbonyl (C=O) groups excluding carboxylic acids is 2. The molecule has 9 heteroatoms. The lowest BCUT2D eigenvalue weighted by molar-refractivity contribution is 0.0594. The fraction of sp³-hybridized carbons (Fsp3) is 0.143. The van der Waals surface area contributed by atoms with E-state index in [4.69, 9.17) is 0 Å². The van der Waals surface area contributed by atoms with Crippen LogP contribution in [0.5, 0.6) is 0 Å². The second-order valence-electron chi connectivity index (χ2n) is 4.28. The van der Waals surface area contributed by atoms with E-state index in [1.54, 1.807) is 5.38 Å². The summed E-state index contributed by atoms with van der Waals surface area (Å²) in [6.45, 7) is 0. The van der Waals surface area contributed by atoms with Crippen molar-refractivity contribution in [2.75, 3.05) is 18.9 Å². The number of sulfonamides is 1. The average molecular weight is 355 g/mol. The lowest BCUT2D eigenvalue weighted by Gasteiger charge is -2.09. The maximum absolute atomic E-state index is 12.4. The maximum atomic E-state index is 12.4. The second-order valence-corrected chi connectivity index (χ2v) is 6.88. The van der Waals surface area contributed by atoms with Crippen molar-refractivity contribution in [1.82, 2.24) is 0 Å². The first-order valence-corrected chi connectivity index (χ1v) is 8.62. The normalized spacial score (nSPS) is 10.9. The van der Waals surface area contributed by atoms with Gasteiger partial charge in [0.1, 0.15) is 4.88 Å². The molecule has 2 aromatic rings. The Morgan fingerprint density at radius 2 is 1.78 bits per heavy atom. The molecule has 1 N–H and O–H groups in total. The van der Waals surface area contributed by atoms with Crippen molar-refractivity contribution in [3.05, 3.63) is 46.2 Å². The minimum absolute atomic E-state index is 0.105. The Hall–Kier alpha value is -2.39. The monoisotopic (exact) mass is 355 g/mol. The van der Waals surface area contributed by atoms with Gasteiger partial charge in [0.2, 0.25) is 0 Å². The molecule has 2 rings (SSSR count). The third-order valence-electron chi connectivity index (χ3n) is 2.85. The summed E-state index contributed by atoms with van der Waals surface area (Å²) < 4.78 is 36.3. The highest BCUT2D eigenvalue weighted by molar-refractivity contribution is 7.92. The number of rotatable bonds is 5. The van der Waals surface area contributed by atoms with Crippen molar-refractivity contribution < 1.29 is 27.5 Å². The molecule has 1 aromatic heterocycles. The Labute approximate surface area is 136 Å². The average Bonchev–Trinajstić information content (AvgIpc) is 3.00. The van der Waals surface area contributed by atoms with Crippen molar-refractivity contribution in [2.45, 2.75) is 4.90 Å². The fourth-order valence-electron chi connectivity index (χ4n) is 1.75. The number of hydrogen-bond donors (Lipinski definition) is 1. The molecule has 122 valence electrons. The summed E-state index contributed by atoms with van der Waals surface area (Å²) >= 11 is 1.05. The SMILES string of the molecule is COC(=O)c1cccc(S(=O)(=O)Nc2ccsc2C(=O)OC)c1. The number of nitrogens with one attached hydrogen (secondary N) is 1. The highest BCUT2D eigenvalue weighted by Gasteiger charge is 2.21. The van der Waals surface area contributed by atoms with E-state index in [1.807, 2.05) is 0 Å². The molecule has 0 atom stereocenters. The summed E-state index contributed by atoms with van der Waals surface area (Å²) in [4.78, 5) is 23.1. The van der Waals surface area contributed by atoms with Gasteiger partial charge in [0.25, 0.3) is 10.0 Å². The van der Waals surface area contributed by atoms with Crippen LogP contribution in [0.3, 0.4) is 0 Å². The van der Waals surface area contributed by atoms with Crippen LogP contribution in [0.25, 0.3) is 0 Å². The summed E-state index contributed by atoms with van der Waals surface area (Å²) in [5.41, 5.74) is 0.221. The zero-order valence-electron chi connectivity index (χ0n) is 12.2. The second kappa shape index (κ2) is 6.80. The molecular formula is C14H13NO6S2. The van der Waals surface area contributed by atoms with Gasteiger partial charge in [0.05, 0.1) is 30.4 Å². The molecule has 0 aliphatic rings. The molecule has 1 heterocycles. The number of esters is 2. The van der Waals surface area contributed by atoms with E-state index >= 15 is 0 Å². The van der Waals surface area contributed by atoms with Crippen molar-refractivity contribution in [3.63, 3.8) is 0 Å². The third-order valence-corrected chi connectivity index (χ3v) is 5.10. The summed E-state index contributed by atoms with van der Waals surface area (Å²) in [6.07, 6.45) is 0. The number of anilines is 1. The molecule has 0 bridgehead atoms. The van der Waals surface area contributed by atoms with Gasteiger partial charge in [-0.05, 0) is 29.6 Å². The molecule has 7 nitrogen and oxygen atoms in total.